The van der Waals surface area contributed by atoms with Gasteiger partial charge in [-0.15, -0.1) is 0 Å². The molecule has 2 aromatic rings. The molecule has 0 saturated heterocycles. The van der Waals surface area contributed by atoms with Crippen LogP contribution < -0.4 is 26.0 Å². The third-order valence-electron chi connectivity index (χ3n) is 4.75. The zero-order valence-corrected chi connectivity index (χ0v) is 15.9. The van der Waals surface area contributed by atoms with Crippen LogP contribution in [0, 0.1) is 0 Å². The van der Waals surface area contributed by atoms with Gasteiger partial charge in [-0.25, -0.2) is 4.79 Å². The summed E-state index contributed by atoms with van der Waals surface area (Å²) in [4.78, 5) is 37.5. The molecule has 1 N–H and O–H groups in total. The number of fused-ring (bicyclic) bond motifs is 1. The van der Waals surface area contributed by atoms with E-state index in [1.165, 1.54) is 18.7 Å². The Kier molecular flexibility index (Phi) is 5.07. The van der Waals surface area contributed by atoms with Crippen LogP contribution in [0.3, 0.4) is 0 Å². The molecule has 0 bridgehead atoms. The number of carbonyl (C=O) groups excluding carboxylic acids is 1. The number of hydrogen-bond acceptors (Lipinski definition) is 5. The molecule has 0 saturated carbocycles. The molecule has 1 aliphatic heterocycles. The second-order valence-corrected chi connectivity index (χ2v) is 6.50. The SMILES string of the molecule is CCCOc1c(OC)cccc1C1CC(=O)Nc2c1c(=O)n(C)c(=O)n2C. The van der Waals surface area contributed by atoms with Crippen LogP contribution >= 0.6 is 0 Å². The molecular formula is C19H23N3O5. The highest BCUT2D eigenvalue weighted by molar-refractivity contribution is 5.94. The van der Waals surface area contributed by atoms with Gasteiger partial charge in [-0.2, -0.15) is 0 Å². The van der Waals surface area contributed by atoms with E-state index in [2.05, 4.69) is 5.32 Å². The molecule has 144 valence electrons. The van der Waals surface area contributed by atoms with Crippen molar-refractivity contribution in [3.05, 3.63) is 50.2 Å². The van der Waals surface area contributed by atoms with Crippen molar-refractivity contribution in [2.75, 3.05) is 19.0 Å². The lowest BCUT2D eigenvalue weighted by Crippen LogP contribution is -2.44. The summed E-state index contributed by atoms with van der Waals surface area (Å²) in [6, 6.07) is 5.40. The van der Waals surface area contributed by atoms with E-state index in [9.17, 15) is 14.4 Å². The summed E-state index contributed by atoms with van der Waals surface area (Å²) in [5, 5.41) is 2.67. The summed E-state index contributed by atoms with van der Waals surface area (Å²) in [6.07, 6.45) is 0.881. The van der Waals surface area contributed by atoms with Gasteiger partial charge in [0.1, 0.15) is 5.82 Å². The van der Waals surface area contributed by atoms with Gasteiger partial charge in [0.05, 0.1) is 19.3 Å². The molecule has 0 aliphatic carbocycles. The predicted molar refractivity (Wildman–Crippen MR) is 101 cm³/mol. The van der Waals surface area contributed by atoms with E-state index in [0.29, 0.717) is 29.2 Å². The largest absolute Gasteiger partial charge is 0.493 e. The Balaban J connectivity index is 2.28. The van der Waals surface area contributed by atoms with Crippen LogP contribution in [0.15, 0.2) is 27.8 Å². The van der Waals surface area contributed by atoms with Gasteiger partial charge >= 0.3 is 5.69 Å². The minimum atomic E-state index is -0.541. The Morgan fingerprint density at radius 2 is 1.93 bits per heavy atom. The lowest BCUT2D eigenvalue weighted by Gasteiger charge is -2.28. The molecule has 1 aromatic carbocycles. The highest BCUT2D eigenvalue weighted by Crippen LogP contribution is 2.42. The molecule has 1 unspecified atom stereocenters. The minimum absolute atomic E-state index is 0.0795. The van der Waals surface area contributed by atoms with Crippen LogP contribution in [0.2, 0.25) is 0 Å². The van der Waals surface area contributed by atoms with E-state index in [4.69, 9.17) is 9.47 Å². The summed E-state index contributed by atoms with van der Waals surface area (Å²) in [5.41, 5.74) is 0.138. The first-order valence-electron chi connectivity index (χ1n) is 8.80. The van der Waals surface area contributed by atoms with Crippen molar-refractivity contribution in [3.8, 4) is 11.5 Å². The fourth-order valence-electron chi connectivity index (χ4n) is 3.40. The average molecular weight is 373 g/mol. The predicted octanol–water partition coefficient (Wildman–Crippen LogP) is 1.36. The lowest BCUT2D eigenvalue weighted by atomic mass is 9.86. The van der Waals surface area contributed by atoms with E-state index in [-0.39, 0.29) is 18.1 Å². The fraction of sp³-hybridized carbons (Fsp3) is 0.421. The van der Waals surface area contributed by atoms with Gasteiger partial charge in [0, 0.05) is 32.0 Å². The molecule has 2 heterocycles. The van der Waals surface area contributed by atoms with Crippen molar-refractivity contribution < 1.29 is 14.3 Å². The number of para-hydroxylation sites is 1. The average Bonchev–Trinajstić information content (AvgIpc) is 2.68. The normalized spacial score (nSPS) is 15.9. The minimum Gasteiger partial charge on any atom is -0.493 e. The number of nitrogens with zero attached hydrogens (tertiary/aromatic N) is 2. The maximum Gasteiger partial charge on any atom is 0.332 e. The molecule has 0 fully saturated rings. The van der Waals surface area contributed by atoms with Crippen molar-refractivity contribution >= 4 is 11.7 Å². The maximum atomic E-state index is 12.9. The molecule has 0 spiro atoms. The molecule has 1 aliphatic rings. The number of ether oxygens (including phenoxy) is 2. The molecule has 1 atom stereocenters. The maximum absolute atomic E-state index is 12.9. The summed E-state index contributed by atoms with van der Waals surface area (Å²) in [7, 11) is 4.50. The molecular weight excluding hydrogens is 350 g/mol. The first-order chi connectivity index (χ1) is 12.9. The van der Waals surface area contributed by atoms with Crippen LogP contribution in [0.1, 0.15) is 36.8 Å². The number of benzene rings is 1. The number of amides is 1. The van der Waals surface area contributed by atoms with Crippen LogP contribution in [0.4, 0.5) is 5.82 Å². The van der Waals surface area contributed by atoms with E-state index in [1.807, 2.05) is 13.0 Å². The van der Waals surface area contributed by atoms with E-state index >= 15 is 0 Å². The zero-order valence-electron chi connectivity index (χ0n) is 15.9. The third kappa shape index (κ3) is 3.11. The second kappa shape index (κ2) is 7.30. The summed E-state index contributed by atoms with van der Waals surface area (Å²) in [6.45, 7) is 2.47. The Bertz CT molecular complexity index is 1010. The monoisotopic (exact) mass is 373 g/mol. The molecule has 8 heteroatoms. The van der Waals surface area contributed by atoms with E-state index in [0.717, 1.165) is 11.0 Å². The molecule has 27 heavy (non-hydrogen) atoms. The summed E-state index contributed by atoms with van der Waals surface area (Å²) >= 11 is 0. The van der Waals surface area contributed by atoms with Gasteiger partial charge in [-0.05, 0) is 12.5 Å². The summed E-state index contributed by atoms with van der Waals surface area (Å²) in [5.74, 6) is 0.480. The van der Waals surface area contributed by atoms with E-state index < -0.39 is 17.2 Å². The lowest BCUT2D eigenvalue weighted by molar-refractivity contribution is -0.116. The Morgan fingerprint density at radius 3 is 2.59 bits per heavy atom. The first-order valence-corrected chi connectivity index (χ1v) is 8.80. The number of hydrogen-bond donors (Lipinski definition) is 1. The highest BCUT2D eigenvalue weighted by atomic mass is 16.5. The standard InChI is InChI=1S/C19H23N3O5/c1-5-9-27-16-11(7-6-8-13(16)26-4)12-10-14(23)20-17-15(12)18(24)22(3)19(25)21(17)2/h6-8,12H,5,9-10H2,1-4H3,(H,20,23). The number of carbonyl (C=O) groups is 1. The van der Waals surface area contributed by atoms with Crippen molar-refractivity contribution in [1.29, 1.82) is 0 Å². The third-order valence-corrected chi connectivity index (χ3v) is 4.75. The number of methoxy groups -OCH3 is 1. The molecule has 1 aromatic heterocycles. The van der Waals surface area contributed by atoms with E-state index in [1.54, 1.807) is 19.2 Å². The molecule has 1 amide bonds. The van der Waals surface area contributed by atoms with Gasteiger partial charge in [0.2, 0.25) is 5.91 Å². The zero-order chi connectivity index (χ0) is 19.7. The topological polar surface area (TPSA) is 91.6 Å². The van der Waals surface area contributed by atoms with Gasteiger partial charge in [-0.3, -0.25) is 18.7 Å². The quantitative estimate of drug-likeness (QED) is 0.854. The van der Waals surface area contributed by atoms with Crippen LogP contribution in [0.25, 0.3) is 0 Å². The van der Waals surface area contributed by atoms with Crippen molar-refractivity contribution in [1.82, 2.24) is 9.13 Å². The fourth-order valence-corrected chi connectivity index (χ4v) is 3.40. The molecule has 8 nitrogen and oxygen atoms in total. The van der Waals surface area contributed by atoms with Crippen molar-refractivity contribution in [2.45, 2.75) is 25.7 Å². The van der Waals surface area contributed by atoms with Gasteiger partial charge in [-0.1, -0.05) is 19.1 Å². The number of nitrogens with one attached hydrogen (secondary N) is 1. The molecule has 3 rings (SSSR count). The van der Waals surface area contributed by atoms with Crippen molar-refractivity contribution in [3.63, 3.8) is 0 Å². The van der Waals surface area contributed by atoms with Crippen molar-refractivity contribution in [2.24, 2.45) is 14.1 Å². The van der Waals surface area contributed by atoms with Gasteiger partial charge < -0.3 is 14.8 Å². The van der Waals surface area contributed by atoms with Gasteiger partial charge in [0.25, 0.3) is 5.56 Å². The number of aromatic nitrogens is 2. The Labute approximate surface area is 156 Å². The smallest absolute Gasteiger partial charge is 0.332 e. The van der Waals surface area contributed by atoms with Crippen LogP contribution in [0.5, 0.6) is 11.5 Å². The number of rotatable bonds is 5. The summed E-state index contributed by atoms with van der Waals surface area (Å²) < 4.78 is 13.7. The van der Waals surface area contributed by atoms with Crippen LogP contribution in [-0.2, 0) is 18.9 Å². The molecule has 0 radical (unpaired) electrons. The second-order valence-electron chi connectivity index (χ2n) is 6.50. The van der Waals surface area contributed by atoms with Crippen LogP contribution in [-0.4, -0.2) is 28.8 Å². The Morgan fingerprint density at radius 1 is 1.19 bits per heavy atom. The highest BCUT2D eigenvalue weighted by Gasteiger charge is 2.34. The van der Waals surface area contributed by atoms with Gasteiger partial charge in [0.15, 0.2) is 11.5 Å². The Hall–Kier alpha value is -3.03. The number of anilines is 1. The first kappa shape index (κ1) is 18.8.